The van der Waals surface area contributed by atoms with Gasteiger partial charge in [0.15, 0.2) is 5.82 Å². The molecule has 0 saturated heterocycles. The van der Waals surface area contributed by atoms with E-state index < -0.39 is 0 Å². The highest BCUT2D eigenvalue weighted by Crippen LogP contribution is 2.33. The summed E-state index contributed by atoms with van der Waals surface area (Å²) in [5.74, 6) is 6.90. The van der Waals surface area contributed by atoms with E-state index in [1.54, 1.807) is 0 Å². The zero-order valence-corrected chi connectivity index (χ0v) is 8.54. The zero-order valence-electron chi connectivity index (χ0n) is 7.79. The van der Waals surface area contributed by atoms with Crippen LogP contribution in [0.5, 0.6) is 0 Å². The monoisotopic (exact) mass is 213 g/mol. The minimum absolute atomic E-state index is 0.366. The summed E-state index contributed by atoms with van der Waals surface area (Å²) < 4.78 is 0. The number of aromatic nitrogens is 2. The normalized spacial score (nSPS) is 24.5. The van der Waals surface area contributed by atoms with Gasteiger partial charge in [0.2, 0.25) is 5.95 Å². The number of halogens is 1. The zero-order chi connectivity index (χ0) is 10.1. The third kappa shape index (κ3) is 1.88. The number of rotatable bonds is 3. The van der Waals surface area contributed by atoms with Gasteiger partial charge < -0.3 is 5.32 Å². The van der Waals surface area contributed by atoms with Crippen LogP contribution in [0.25, 0.3) is 0 Å². The molecule has 0 amide bonds. The molecule has 5 nitrogen and oxygen atoms in total. The summed E-state index contributed by atoms with van der Waals surface area (Å²) >= 11 is 5.92. The van der Waals surface area contributed by atoms with Crippen LogP contribution in [0.2, 0.25) is 5.02 Å². The van der Waals surface area contributed by atoms with E-state index in [0.29, 0.717) is 28.7 Å². The van der Waals surface area contributed by atoms with Gasteiger partial charge in [0.25, 0.3) is 0 Å². The van der Waals surface area contributed by atoms with Crippen LogP contribution in [-0.2, 0) is 0 Å². The quantitative estimate of drug-likeness (QED) is 0.520. The Kier molecular flexibility index (Phi) is 2.43. The van der Waals surface area contributed by atoms with Crippen LogP contribution >= 0.6 is 11.6 Å². The Balaban J connectivity index is 2.14. The molecule has 2 rings (SSSR count). The fraction of sp³-hybridized carbons (Fsp3) is 0.500. The maximum absolute atomic E-state index is 5.92. The summed E-state index contributed by atoms with van der Waals surface area (Å²) in [7, 11) is 0. The molecule has 1 aliphatic carbocycles. The Bertz CT molecular complexity index is 343. The van der Waals surface area contributed by atoms with Crippen molar-refractivity contribution in [1.29, 1.82) is 0 Å². The third-order valence-corrected chi connectivity index (χ3v) is 2.58. The summed E-state index contributed by atoms with van der Waals surface area (Å²) in [6.45, 7) is 2.18. The Morgan fingerprint density at radius 2 is 2.36 bits per heavy atom. The number of hydrazine groups is 1. The number of hydrogen-bond acceptors (Lipinski definition) is 5. The molecule has 2 unspecified atom stereocenters. The second-order valence-corrected chi connectivity index (χ2v) is 3.91. The van der Waals surface area contributed by atoms with Crippen LogP contribution in [0, 0.1) is 5.92 Å². The maximum atomic E-state index is 5.92. The lowest BCUT2D eigenvalue weighted by Gasteiger charge is -2.07. The number of nitrogen functional groups attached to an aromatic ring is 1. The highest BCUT2D eigenvalue weighted by molar-refractivity contribution is 6.32. The average Bonchev–Trinajstić information content (AvgIpc) is 2.86. The van der Waals surface area contributed by atoms with Crippen molar-refractivity contribution < 1.29 is 0 Å². The van der Waals surface area contributed by atoms with E-state index in [2.05, 4.69) is 27.6 Å². The molecule has 2 atom stereocenters. The molecular weight excluding hydrogens is 202 g/mol. The van der Waals surface area contributed by atoms with Gasteiger partial charge in [-0.3, -0.25) is 5.43 Å². The van der Waals surface area contributed by atoms with Gasteiger partial charge in [-0.15, -0.1) is 0 Å². The van der Waals surface area contributed by atoms with E-state index in [-0.39, 0.29) is 0 Å². The van der Waals surface area contributed by atoms with Gasteiger partial charge >= 0.3 is 0 Å². The molecule has 1 saturated carbocycles. The van der Waals surface area contributed by atoms with E-state index >= 15 is 0 Å². The van der Waals surface area contributed by atoms with Crippen molar-refractivity contribution in [3.63, 3.8) is 0 Å². The van der Waals surface area contributed by atoms with E-state index in [4.69, 9.17) is 17.4 Å². The first-order chi connectivity index (χ1) is 6.70. The second-order valence-electron chi connectivity index (χ2n) is 3.50. The maximum Gasteiger partial charge on any atom is 0.239 e. The molecular formula is C8H12ClN5. The predicted octanol–water partition coefficient (Wildman–Crippen LogP) is 1.24. The second kappa shape index (κ2) is 3.59. The lowest BCUT2D eigenvalue weighted by Crippen LogP contribution is -2.13. The van der Waals surface area contributed by atoms with Crippen molar-refractivity contribution in [2.45, 2.75) is 19.4 Å². The predicted molar refractivity (Wildman–Crippen MR) is 56.0 cm³/mol. The van der Waals surface area contributed by atoms with Crippen LogP contribution in [0.1, 0.15) is 13.3 Å². The first-order valence-corrected chi connectivity index (χ1v) is 4.84. The third-order valence-electron chi connectivity index (χ3n) is 2.30. The molecule has 0 spiro atoms. The fourth-order valence-corrected chi connectivity index (χ4v) is 1.38. The van der Waals surface area contributed by atoms with Gasteiger partial charge in [0.1, 0.15) is 5.02 Å². The smallest absolute Gasteiger partial charge is 0.239 e. The molecule has 6 heteroatoms. The Morgan fingerprint density at radius 1 is 1.64 bits per heavy atom. The van der Waals surface area contributed by atoms with Crippen molar-refractivity contribution >= 4 is 23.4 Å². The van der Waals surface area contributed by atoms with Crippen LogP contribution in [0.15, 0.2) is 6.20 Å². The van der Waals surface area contributed by atoms with Gasteiger partial charge in [-0.25, -0.2) is 10.8 Å². The molecule has 1 aromatic rings. The summed E-state index contributed by atoms with van der Waals surface area (Å²) in [6, 6.07) is 0.480. The van der Waals surface area contributed by atoms with Crippen molar-refractivity contribution in [2.75, 3.05) is 10.7 Å². The van der Waals surface area contributed by atoms with E-state index in [1.165, 1.54) is 6.20 Å². The summed E-state index contributed by atoms with van der Waals surface area (Å²) in [5, 5.41) is 3.75. The van der Waals surface area contributed by atoms with Crippen molar-refractivity contribution in [3.05, 3.63) is 11.2 Å². The molecule has 0 radical (unpaired) electrons. The number of nitrogens with two attached hydrogens (primary N) is 1. The topological polar surface area (TPSA) is 75.9 Å². The highest BCUT2D eigenvalue weighted by atomic mass is 35.5. The summed E-state index contributed by atoms with van der Waals surface area (Å²) in [4.78, 5) is 8.00. The Labute approximate surface area is 87.0 Å². The van der Waals surface area contributed by atoms with Crippen LogP contribution in [-0.4, -0.2) is 16.0 Å². The average molecular weight is 214 g/mol. The van der Waals surface area contributed by atoms with Crippen molar-refractivity contribution in [1.82, 2.24) is 9.97 Å². The standard InChI is InChI=1S/C8H12ClN5/c1-4-2-6(4)12-7-5(9)3-11-8(13-7)14-10/h3-4,6H,2,10H2,1H3,(H2,11,12,13,14). The molecule has 4 N–H and O–H groups in total. The van der Waals surface area contributed by atoms with Gasteiger partial charge in [0.05, 0.1) is 6.20 Å². The van der Waals surface area contributed by atoms with Gasteiger partial charge in [-0.05, 0) is 12.3 Å². The SMILES string of the molecule is CC1CC1Nc1nc(NN)ncc1Cl. The molecule has 0 aliphatic heterocycles. The molecule has 14 heavy (non-hydrogen) atoms. The van der Waals surface area contributed by atoms with E-state index in [1.807, 2.05) is 0 Å². The van der Waals surface area contributed by atoms with Crippen molar-refractivity contribution in [3.8, 4) is 0 Å². The highest BCUT2D eigenvalue weighted by Gasteiger charge is 2.33. The first kappa shape index (κ1) is 9.48. The van der Waals surface area contributed by atoms with Crippen LogP contribution in [0.4, 0.5) is 11.8 Å². The first-order valence-electron chi connectivity index (χ1n) is 4.46. The van der Waals surface area contributed by atoms with Gasteiger partial charge in [-0.2, -0.15) is 4.98 Å². The molecule has 1 aliphatic rings. The molecule has 0 bridgehead atoms. The number of hydrogen-bond donors (Lipinski definition) is 3. The van der Waals surface area contributed by atoms with Crippen LogP contribution < -0.4 is 16.6 Å². The molecule has 76 valence electrons. The lowest BCUT2D eigenvalue weighted by atomic mass is 10.4. The number of anilines is 2. The summed E-state index contributed by atoms with van der Waals surface area (Å²) in [5.41, 5.74) is 2.38. The fourth-order valence-electron chi connectivity index (χ4n) is 1.24. The van der Waals surface area contributed by atoms with E-state index in [0.717, 1.165) is 6.42 Å². The molecule has 1 fully saturated rings. The van der Waals surface area contributed by atoms with Gasteiger partial charge in [0, 0.05) is 6.04 Å². The Morgan fingerprint density at radius 3 is 2.93 bits per heavy atom. The van der Waals surface area contributed by atoms with Crippen molar-refractivity contribution in [2.24, 2.45) is 11.8 Å². The van der Waals surface area contributed by atoms with Crippen LogP contribution in [0.3, 0.4) is 0 Å². The molecule has 0 aromatic carbocycles. The molecule has 1 aromatic heterocycles. The minimum Gasteiger partial charge on any atom is -0.366 e. The number of nitrogens with zero attached hydrogens (tertiary/aromatic N) is 2. The largest absolute Gasteiger partial charge is 0.366 e. The number of nitrogens with one attached hydrogen (secondary N) is 2. The summed E-state index contributed by atoms with van der Waals surface area (Å²) in [6.07, 6.45) is 2.69. The minimum atomic E-state index is 0.366. The van der Waals surface area contributed by atoms with Gasteiger partial charge in [-0.1, -0.05) is 18.5 Å². The lowest BCUT2D eigenvalue weighted by molar-refractivity contribution is 0.921. The molecule has 1 heterocycles. The Hall–Kier alpha value is -1.07. The van der Waals surface area contributed by atoms with E-state index in [9.17, 15) is 0 Å².